The van der Waals surface area contributed by atoms with Crippen LogP contribution in [0.15, 0.2) is 0 Å². The Balaban J connectivity index is 1.64. The van der Waals surface area contributed by atoms with Crippen molar-refractivity contribution in [2.45, 2.75) is 45.6 Å². The molecule has 2 saturated heterocycles. The first-order valence-corrected chi connectivity index (χ1v) is 7.24. The van der Waals surface area contributed by atoms with E-state index in [1.165, 1.54) is 45.3 Å². The Bertz CT molecular complexity index is 224. The van der Waals surface area contributed by atoms with E-state index in [0.29, 0.717) is 11.5 Å². The van der Waals surface area contributed by atoms with Crippen molar-refractivity contribution < 1.29 is 4.74 Å². The third-order valence-electron chi connectivity index (χ3n) is 4.27. The maximum Gasteiger partial charge on any atom is 0.0471 e. The van der Waals surface area contributed by atoms with Gasteiger partial charge in [0.25, 0.3) is 0 Å². The van der Waals surface area contributed by atoms with Crippen LogP contribution in [0, 0.1) is 5.41 Å². The SMILES string of the molecule is CC(C)NCCCN1CCC2(CCOCC2)C1. The van der Waals surface area contributed by atoms with Gasteiger partial charge in [0.15, 0.2) is 0 Å². The molecule has 17 heavy (non-hydrogen) atoms. The molecule has 0 bridgehead atoms. The van der Waals surface area contributed by atoms with E-state index in [9.17, 15) is 0 Å². The average molecular weight is 240 g/mol. The molecule has 1 spiro atoms. The van der Waals surface area contributed by atoms with Crippen LogP contribution in [0.1, 0.15) is 39.5 Å². The highest BCUT2D eigenvalue weighted by Gasteiger charge is 2.38. The zero-order valence-electron chi connectivity index (χ0n) is 11.5. The fourth-order valence-corrected chi connectivity index (χ4v) is 3.12. The van der Waals surface area contributed by atoms with E-state index in [2.05, 4.69) is 24.1 Å². The summed E-state index contributed by atoms with van der Waals surface area (Å²) >= 11 is 0. The zero-order valence-corrected chi connectivity index (χ0v) is 11.5. The van der Waals surface area contributed by atoms with Gasteiger partial charge in [-0.05, 0) is 50.7 Å². The summed E-state index contributed by atoms with van der Waals surface area (Å²) in [6.07, 6.45) is 5.25. The number of rotatable bonds is 5. The Morgan fingerprint density at radius 1 is 1.24 bits per heavy atom. The van der Waals surface area contributed by atoms with Crippen molar-refractivity contribution in [2.75, 3.05) is 39.4 Å². The number of hydrogen-bond acceptors (Lipinski definition) is 3. The third kappa shape index (κ3) is 3.94. The van der Waals surface area contributed by atoms with E-state index in [1.54, 1.807) is 0 Å². The second-order valence-electron chi connectivity index (χ2n) is 6.10. The first-order chi connectivity index (χ1) is 8.20. The molecular weight excluding hydrogens is 212 g/mol. The summed E-state index contributed by atoms with van der Waals surface area (Å²) in [6, 6.07) is 0.621. The molecule has 0 aromatic carbocycles. The molecule has 2 aliphatic heterocycles. The minimum Gasteiger partial charge on any atom is -0.381 e. The van der Waals surface area contributed by atoms with Gasteiger partial charge < -0.3 is 15.0 Å². The molecule has 0 amide bonds. The summed E-state index contributed by atoms with van der Waals surface area (Å²) in [5.74, 6) is 0. The van der Waals surface area contributed by atoms with E-state index < -0.39 is 0 Å². The normalized spacial score (nSPS) is 24.9. The molecule has 3 heteroatoms. The van der Waals surface area contributed by atoms with E-state index in [-0.39, 0.29) is 0 Å². The van der Waals surface area contributed by atoms with Crippen LogP contribution < -0.4 is 5.32 Å². The molecule has 3 nitrogen and oxygen atoms in total. The van der Waals surface area contributed by atoms with Crippen molar-refractivity contribution in [3.63, 3.8) is 0 Å². The van der Waals surface area contributed by atoms with Gasteiger partial charge in [-0.3, -0.25) is 0 Å². The lowest BCUT2D eigenvalue weighted by molar-refractivity contribution is 0.0193. The van der Waals surface area contributed by atoms with Crippen LogP contribution in [-0.4, -0.2) is 50.3 Å². The summed E-state index contributed by atoms with van der Waals surface area (Å²) in [7, 11) is 0. The second kappa shape index (κ2) is 6.17. The first kappa shape index (κ1) is 13.3. The van der Waals surface area contributed by atoms with Crippen molar-refractivity contribution >= 4 is 0 Å². The van der Waals surface area contributed by atoms with Gasteiger partial charge in [-0.25, -0.2) is 0 Å². The summed E-state index contributed by atoms with van der Waals surface area (Å²) < 4.78 is 5.49. The van der Waals surface area contributed by atoms with Crippen LogP contribution in [0.25, 0.3) is 0 Å². The average Bonchev–Trinajstić information content (AvgIpc) is 2.69. The Morgan fingerprint density at radius 2 is 2.00 bits per heavy atom. The second-order valence-corrected chi connectivity index (χ2v) is 6.10. The summed E-state index contributed by atoms with van der Waals surface area (Å²) in [5, 5.41) is 3.49. The predicted molar refractivity (Wildman–Crippen MR) is 71.3 cm³/mol. The molecule has 2 heterocycles. The minimum atomic E-state index is 0.615. The number of nitrogens with zero attached hydrogens (tertiary/aromatic N) is 1. The molecular formula is C14H28N2O. The molecule has 2 rings (SSSR count). The molecule has 1 N–H and O–H groups in total. The van der Waals surface area contributed by atoms with Gasteiger partial charge in [0.2, 0.25) is 0 Å². The van der Waals surface area contributed by atoms with Crippen molar-refractivity contribution in [2.24, 2.45) is 5.41 Å². The molecule has 0 aromatic heterocycles. The molecule has 2 fully saturated rings. The highest BCUT2D eigenvalue weighted by molar-refractivity contribution is 4.91. The van der Waals surface area contributed by atoms with Crippen molar-refractivity contribution in [3.8, 4) is 0 Å². The molecule has 100 valence electrons. The van der Waals surface area contributed by atoms with Crippen LogP contribution in [0.3, 0.4) is 0 Å². The van der Waals surface area contributed by atoms with Gasteiger partial charge in [0.1, 0.15) is 0 Å². The Hall–Kier alpha value is -0.120. The molecule has 2 aliphatic rings. The Labute approximate surface area is 106 Å². The lowest BCUT2D eigenvalue weighted by Crippen LogP contribution is -2.34. The molecule has 0 radical (unpaired) electrons. The van der Waals surface area contributed by atoms with E-state index in [1.807, 2.05) is 0 Å². The maximum atomic E-state index is 5.49. The fraction of sp³-hybridized carbons (Fsp3) is 1.00. The summed E-state index contributed by atoms with van der Waals surface area (Å²) in [6.45, 7) is 11.5. The fourth-order valence-electron chi connectivity index (χ4n) is 3.12. The Kier molecular flexibility index (Phi) is 4.83. The smallest absolute Gasteiger partial charge is 0.0471 e. The van der Waals surface area contributed by atoms with Crippen LogP contribution in [0.2, 0.25) is 0 Å². The van der Waals surface area contributed by atoms with Crippen LogP contribution in [-0.2, 0) is 4.74 Å². The van der Waals surface area contributed by atoms with Crippen LogP contribution in [0.4, 0.5) is 0 Å². The van der Waals surface area contributed by atoms with Crippen LogP contribution >= 0.6 is 0 Å². The lowest BCUT2D eigenvalue weighted by Gasteiger charge is -2.33. The molecule has 0 aliphatic carbocycles. The van der Waals surface area contributed by atoms with Gasteiger partial charge >= 0.3 is 0 Å². The van der Waals surface area contributed by atoms with Crippen molar-refractivity contribution in [1.82, 2.24) is 10.2 Å². The molecule has 0 aromatic rings. The van der Waals surface area contributed by atoms with Crippen molar-refractivity contribution in [1.29, 1.82) is 0 Å². The highest BCUT2D eigenvalue weighted by atomic mass is 16.5. The maximum absolute atomic E-state index is 5.49. The topological polar surface area (TPSA) is 24.5 Å². The highest BCUT2D eigenvalue weighted by Crippen LogP contribution is 2.39. The molecule has 0 unspecified atom stereocenters. The van der Waals surface area contributed by atoms with E-state index in [4.69, 9.17) is 4.74 Å². The van der Waals surface area contributed by atoms with Gasteiger partial charge in [0, 0.05) is 25.8 Å². The third-order valence-corrected chi connectivity index (χ3v) is 4.27. The standard InChI is InChI=1S/C14H28N2O/c1-13(2)15-7-3-8-16-9-4-14(12-16)5-10-17-11-6-14/h13,15H,3-12H2,1-2H3. The molecule has 0 atom stereocenters. The zero-order chi connectivity index (χ0) is 12.1. The number of nitrogens with one attached hydrogen (secondary N) is 1. The quantitative estimate of drug-likeness (QED) is 0.743. The van der Waals surface area contributed by atoms with Gasteiger partial charge in [0.05, 0.1) is 0 Å². The van der Waals surface area contributed by atoms with E-state index >= 15 is 0 Å². The first-order valence-electron chi connectivity index (χ1n) is 7.24. The van der Waals surface area contributed by atoms with Crippen LogP contribution in [0.5, 0.6) is 0 Å². The number of ether oxygens (including phenoxy) is 1. The monoisotopic (exact) mass is 240 g/mol. The summed E-state index contributed by atoms with van der Waals surface area (Å²) in [5.41, 5.74) is 0.615. The van der Waals surface area contributed by atoms with Crippen molar-refractivity contribution in [3.05, 3.63) is 0 Å². The Morgan fingerprint density at radius 3 is 2.71 bits per heavy atom. The van der Waals surface area contributed by atoms with Gasteiger partial charge in [-0.1, -0.05) is 13.8 Å². The largest absolute Gasteiger partial charge is 0.381 e. The molecule has 0 saturated carbocycles. The summed E-state index contributed by atoms with van der Waals surface area (Å²) in [4.78, 5) is 2.66. The van der Waals surface area contributed by atoms with Gasteiger partial charge in [-0.15, -0.1) is 0 Å². The van der Waals surface area contributed by atoms with Gasteiger partial charge in [-0.2, -0.15) is 0 Å². The number of likely N-dealkylation sites (tertiary alicyclic amines) is 1. The lowest BCUT2D eigenvalue weighted by atomic mass is 9.80. The minimum absolute atomic E-state index is 0.615. The number of hydrogen-bond donors (Lipinski definition) is 1. The van der Waals surface area contributed by atoms with E-state index in [0.717, 1.165) is 19.8 Å². The predicted octanol–water partition coefficient (Wildman–Crippen LogP) is 1.88.